The number of aliphatic carboxylic acids is 1. The van der Waals surface area contributed by atoms with Gasteiger partial charge in [-0.25, -0.2) is 9.78 Å². The number of rotatable bonds is 4. The number of carbonyl (C=O) groups excluding carboxylic acids is 1. The molecule has 0 spiro atoms. The van der Waals surface area contributed by atoms with Crippen molar-refractivity contribution in [3.8, 4) is 0 Å². The van der Waals surface area contributed by atoms with Gasteiger partial charge in [0.05, 0.1) is 5.92 Å². The molecule has 0 saturated heterocycles. The summed E-state index contributed by atoms with van der Waals surface area (Å²) in [6.45, 7) is 0. The van der Waals surface area contributed by atoms with Crippen LogP contribution in [0.4, 0.5) is 18.0 Å². The number of halogens is 3. The third-order valence-electron chi connectivity index (χ3n) is 3.71. The molecule has 6 nitrogen and oxygen atoms in total. The number of urea groups is 1. The van der Waals surface area contributed by atoms with Gasteiger partial charge in [-0.15, -0.1) is 11.3 Å². The Morgan fingerprint density at radius 2 is 1.96 bits per heavy atom. The quantitative estimate of drug-likeness (QED) is 0.778. The fourth-order valence-electron chi connectivity index (χ4n) is 2.50. The van der Waals surface area contributed by atoms with Crippen LogP contribution in [0.25, 0.3) is 0 Å². The first-order chi connectivity index (χ1) is 10.8. The highest BCUT2D eigenvalue weighted by molar-refractivity contribution is 7.09. The first-order valence-electron chi connectivity index (χ1n) is 7.03. The van der Waals surface area contributed by atoms with Gasteiger partial charge in [-0.3, -0.25) is 4.79 Å². The molecule has 0 aromatic carbocycles. The number of amides is 2. The summed E-state index contributed by atoms with van der Waals surface area (Å²) in [7, 11) is 0. The van der Waals surface area contributed by atoms with E-state index in [0.29, 0.717) is 25.7 Å². The molecule has 1 saturated carbocycles. The van der Waals surface area contributed by atoms with Crippen molar-refractivity contribution in [3.05, 3.63) is 16.6 Å². The highest BCUT2D eigenvalue weighted by atomic mass is 32.1. The molecule has 1 aliphatic rings. The molecular formula is C13H16F3N3O3S. The zero-order valence-corrected chi connectivity index (χ0v) is 12.8. The topological polar surface area (TPSA) is 91.3 Å². The summed E-state index contributed by atoms with van der Waals surface area (Å²) in [5.74, 6) is -1.33. The van der Waals surface area contributed by atoms with Gasteiger partial charge in [0.25, 0.3) is 0 Å². The van der Waals surface area contributed by atoms with Gasteiger partial charge in [0.1, 0.15) is 5.01 Å². The Morgan fingerprint density at radius 3 is 2.43 bits per heavy atom. The SMILES string of the molecule is O=C(NC1CCC(C(=O)O)CC1)NC(c1nccs1)C(F)(F)F. The fourth-order valence-corrected chi connectivity index (χ4v) is 3.21. The molecule has 0 aliphatic heterocycles. The number of nitrogens with one attached hydrogen (secondary N) is 2. The monoisotopic (exact) mass is 351 g/mol. The van der Waals surface area contributed by atoms with E-state index in [1.807, 2.05) is 5.32 Å². The number of hydrogen-bond acceptors (Lipinski definition) is 4. The Morgan fingerprint density at radius 1 is 1.30 bits per heavy atom. The van der Waals surface area contributed by atoms with Crippen LogP contribution in [0.2, 0.25) is 0 Å². The first-order valence-corrected chi connectivity index (χ1v) is 7.91. The first kappa shape index (κ1) is 17.5. The van der Waals surface area contributed by atoms with Crippen molar-refractivity contribution >= 4 is 23.3 Å². The minimum Gasteiger partial charge on any atom is -0.481 e. The Hall–Kier alpha value is -1.84. The number of alkyl halides is 3. The Balaban J connectivity index is 1.89. The number of carbonyl (C=O) groups is 2. The molecule has 2 amide bonds. The summed E-state index contributed by atoms with van der Waals surface area (Å²) >= 11 is 0.811. The van der Waals surface area contributed by atoms with Gasteiger partial charge >= 0.3 is 18.2 Å². The van der Waals surface area contributed by atoms with Crippen LogP contribution in [0.3, 0.4) is 0 Å². The average Bonchev–Trinajstić information content (AvgIpc) is 2.98. The zero-order valence-electron chi connectivity index (χ0n) is 12.0. The van der Waals surface area contributed by atoms with Crippen LogP contribution in [0.15, 0.2) is 11.6 Å². The maximum absolute atomic E-state index is 13.0. The predicted molar refractivity (Wildman–Crippen MR) is 76.0 cm³/mol. The van der Waals surface area contributed by atoms with Crippen molar-refractivity contribution in [1.29, 1.82) is 0 Å². The highest BCUT2D eigenvalue weighted by Crippen LogP contribution is 2.33. The van der Waals surface area contributed by atoms with Crippen molar-refractivity contribution in [3.63, 3.8) is 0 Å². The normalized spacial score (nSPS) is 23.1. The molecule has 0 bridgehead atoms. The molecule has 2 rings (SSSR count). The number of thiazole rings is 1. The van der Waals surface area contributed by atoms with E-state index in [9.17, 15) is 22.8 Å². The molecule has 1 fully saturated rings. The lowest BCUT2D eigenvalue weighted by Gasteiger charge is -2.28. The van der Waals surface area contributed by atoms with E-state index in [1.54, 1.807) is 0 Å². The molecule has 128 valence electrons. The van der Waals surface area contributed by atoms with Crippen molar-refractivity contribution in [2.24, 2.45) is 5.92 Å². The summed E-state index contributed by atoms with van der Waals surface area (Å²) < 4.78 is 39.1. The second kappa shape index (κ2) is 7.16. The lowest BCUT2D eigenvalue weighted by molar-refractivity contribution is -0.155. The lowest BCUT2D eigenvalue weighted by Crippen LogP contribution is -2.48. The van der Waals surface area contributed by atoms with Crippen molar-refractivity contribution in [2.75, 3.05) is 0 Å². The average molecular weight is 351 g/mol. The van der Waals surface area contributed by atoms with Gasteiger partial charge in [-0.1, -0.05) is 0 Å². The minimum absolute atomic E-state index is 0.234. The number of carboxylic acids is 1. The molecule has 1 aromatic rings. The van der Waals surface area contributed by atoms with Crippen LogP contribution in [0.1, 0.15) is 36.7 Å². The Bertz CT molecular complexity index is 542. The Kier molecular flexibility index (Phi) is 5.45. The van der Waals surface area contributed by atoms with Crippen LogP contribution in [0, 0.1) is 5.92 Å². The molecule has 3 N–H and O–H groups in total. The highest BCUT2D eigenvalue weighted by Gasteiger charge is 2.44. The maximum atomic E-state index is 13.0. The predicted octanol–water partition coefficient (Wildman–Crippen LogP) is 2.69. The van der Waals surface area contributed by atoms with Gasteiger partial charge < -0.3 is 15.7 Å². The number of carboxylic acid groups (broad SMARTS) is 1. The van der Waals surface area contributed by atoms with Crippen molar-refractivity contribution < 1.29 is 27.9 Å². The standard InChI is InChI=1S/C13H16F3N3O3S/c14-13(15,16)9(10-17-5-6-23-10)19-12(22)18-8-3-1-7(2-4-8)11(20)21/h5-9H,1-4H2,(H,20,21)(H2,18,19,22). The third kappa shape index (κ3) is 4.81. The van der Waals surface area contributed by atoms with E-state index < -0.39 is 30.1 Å². The van der Waals surface area contributed by atoms with E-state index in [-0.39, 0.29) is 11.0 Å². The molecule has 1 heterocycles. The van der Waals surface area contributed by atoms with Crippen LogP contribution >= 0.6 is 11.3 Å². The van der Waals surface area contributed by atoms with Crippen LogP contribution in [0.5, 0.6) is 0 Å². The van der Waals surface area contributed by atoms with Gasteiger partial charge in [-0.2, -0.15) is 13.2 Å². The van der Waals surface area contributed by atoms with Crippen LogP contribution < -0.4 is 10.6 Å². The molecule has 0 radical (unpaired) electrons. The molecule has 23 heavy (non-hydrogen) atoms. The van der Waals surface area contributed by atoms with Gasteiger partial charge in [0, 0.05) is 17.6 Å². The lowest BCUT2D eigenvalue weighted by atomic mass is 9.86. The molecule has 1 atom stereocenters. The minimum atomic E-state index is -4.64. The zero-order chi connectivity index (χ0) is 17.0. The molecule has 10 heteroatoms. The Labute approximate surface area is 134 Å². The van der Waals surface area contributed by atoms with E-state index in [2.05, 4.69) is 10.3 Å². The summed E-state index contributed by atoms with van der Waals surface area (Å²) in [5, 5.41) is 14.4. The fraction of sp³-hybridized carbons (Fsp3) is 0.615. The third-order valence-corrected chi connectivity index (χ3v) is 4.55. The van der Waals surface area contributed by atoms with Gasteiger partial charge in [-0.05, 0) is 25.7 Å². The largest absolute Gasteiger partial charge is 0.481 e. The molecular weight excluding hydrogens is 335 g/mol. The molecule has 1 aliphatic carbocycles. The summed E-state index contributed by atoms with van der Waals surface area (Å²) in [4.78, 5) is 26.3. The van der Waals surface area contributed by atoms with E-state index in [1.165, 1.54) is 11.6 Å². The summed E-state index contributed by atoms with van der Waals surface area (Å²) in [5.41, 5.74) is 0. The van der Waals surface area contributed by atoms with Gasteiger partial charge in [0.15, 0.2) is 6.04 Å². The smallest absolute Gasteiger partial charge is 0.415 e. The van der Waals surface area contributed by atoms with E-state index >= 15 is 0 Å². The second-order valence-corrected chi connectivity index (χ2v) is 6.28. The van der Waals surface area contributed by atoms with E-state index in [0.717, 1.165) is 11.3 Å². The number of nitrogens with zero attached hydrogens (tertiary/aromatic N) is 1. The maximum Gasteiger partial charge on any atom is 0.415 e. The van der Waals surface area contributed by atoms with Crippen molar-refractivity contribution in [2.45, 2.75) is 43.9 Å². The summed E-state index contributed by atoms with van der Waals surface area (Å²) in [6, 6.07) is -3.41. The van der Waals surface area contributed by atoms with Crippen molar-refractivity contribution in [1.82, 2.24) is 15.6 Å². The molecule has 1 aromatic heterocycles. The molecule has 1 unspecified atom stereocenters. The van der Waals surface area contributed by atoms with E-state index in [4.69, 9.17) is 5.11 Å². The van der Waals surface area contributed by atoms with Crippen LogP contribution in [-0.4, -0.2) is 34.3 Å². The number of aromatic nitrogens is 1. The van der Waals surface area contributed by atoms with Gasteiger partial charge in [0.2, 0.25) is 0 Å². The van der Waals surface area contributed by atoms with Crippen LogP contribution in [-0.2, 0) is 4.79 Å². The second-order valence-electron chi connectivity index (χ2n) is 5.35. The number of hydrogen-bond donors (Lipinski definition) is 3. The summed E-state index contributed by atoms with van der Waals surface area (Å²) in [6.07, 6.45) is -1.75.